The third-order valence-corrected chi connectivity index (χ3v) is 3.03. The Morgan fingerprint density at radius 3 is 2.84 bits per heavy atom. The highest BCUT2D eigenvalue weighted by Crippen LogP contribution is 2.21. The second-order valence-corrected chi connectivity index (χ2v) is 4.32. The molecule has 0 bridgehead atoms. The summed E-state index contributed by atoms with van der Waals surface area (Å²) in [5.74, 6) is 1.71. The largest absolute Gasteiger partial charge is 0.463 e. The van der Waals surface area contributed by atoms with Gasteiger partial charge in [-0.3, -0.25) is 9.36 Å². The summed E-state index contributed by atoms with van der Waals surface area (Å²) in [6, 6.07) is 7.70. The molecular weight excluding hydrogens is 242 g/mol. The van der Waals surface area contributed by atoms with E-state index in [1.165, 1.54) is 0 Å². The summed E-state index contributed by atoms with van der Waals surface area (Å²) in [5, 5.41) is 11.9. The molecule has 1 N–H and O–H groups in total. The van der Waals surface area contributed by atoms with Crippen molar-refractivity contribution >= 4 is 5.82 Å². The SMILES string of the molecule is Cn1nccc1CNc1cc(-c2ccco2)nn1C. The van der Waals surface area contributed by atoms with Gasteiger partial charge in [-0.25, -0.2) is 0 Å². The van der Waals surface area contributed by atoms with Gasteiger partial charge in [-0.05, 0) is 18.2 Å². The van der Waals surface area contributed by atoms with E-state index in [-0.39, 0.29) is 0 Å². The Kier molecular flexibility index (Phi) is 2.83. The third kappa shape index (κ3) is 2.24. The number of hydrogen-bond acceptors (Lipinski definition) is 4. The molecule has 3 aromatic rings. The first kappa shape index (κ1) is 11.6. The van der Waals surface area contributed by atoms with Crippen LogP contribution in [0.3, 0.4) is 0 Å². The van der Waals surface area contributed by atoms with E-state index in [0.29, 0.717) is 6.54 Å². The molecule has 98 valence electrons. The van der Waals surface area contributed by atoms with Gasteiger partial charge in [0.15, 0.2) is 5.76 Å². The molecule has 19 heavy (non-hydrogen) atoms. The Bertz CT molecular complexity index is 665. The lowest BCUT2D eigenvalue weighted by Crippen LogP contribution is -2.08. The number of furan rings is 1. The van der Waals surface area contributed by atoms with Gasteiger partial charge in [-0.15, -0.1) is 0 Å². The lowest BCUT2D eigenvalue weighted by atomic mass is 10.3. The van der Waals surface area contributed by atoms with Crippen LogP contribution in [0.4, 0.5) is 5.82 Å². The number of nitrogens with zero attached hydrogens (tertiary/aromatic N) is 4. The molecule has 0 saturated carbocycles. The van der Waals surface area contributed by atoms with E-state index in [2.05, 4.69) is 15.5 Å². The average molecular weight is 257 g/mol. The van der Waals surface area contributed by atoms with E-state index in [1.807, 2.05) is 43.0 Å². The lowest BCUT2D eigenvalue weighted by molar-refractivity contribution is 0.578. The Hall–Kier alpha value is -2.50. The van der Waals surface area contributed by atoms with Crippen LogP contribution in [0.15, 0.2) is 41.1 Å². The van der Waals surface area contributed by atoms with Crippen molar-refractivity contribution in [2.24, 2.45) is 14.1 Å². The number of nitrogens with one attached hydrogen (secondary N) is 1. The first-order chi connectivity index (χ1) is 9.24. The van der Waals surface area contributed by atoms with Crippen LogP contribution in [-0.2, 0) is 20.6 Å². The van der Waals surface area contributed by atoms with E-state index in [1.54, 1.807) is 17.1 Å². The molecule has 0 radical (unpaired) electrons. The summed E-state index contributed by atoms with van der Waals surface area (Å²) in [5.41, 5.74) is 1.93. The molecule has 0 amide bonds. The Morgan fingerprint density at radius 2 is 2.16 bits per heavy atom. The fourth-order valence-corrected chi connectivity index (χ4v) is 1.93. The van der Waals surface area contributed by atoms with Crippen LogP contribution < -0.4 is 5.32 Å². The van der Waals surface area contributed by atoms with Gasteiger partial charge in [-0.2, -0.15) is 10.2 Å². The minimum atomic E-state index is 0.702. The summed E-state index contributed by atoms with van der Waals surface area (Å²) in [6.45, 7) is 0.702. The van der Waals surface area contributed by atoms with Crippen LogP contribution in [0.5, 0.6) is 0 Å². The predicted octanol–water partition coefficient (Wildman–Crippen LogP) is 2.03. The molecule has 0 saturated heterocycles. The van der Waals surface area contributed by atoms with Gasteiger partial charge < -0.3 is 9.73 Å². The fraction of sp³-hybridized carbons (Fsp3) is 0.231. The number of anilines is 1. The fourth-order valence-electron chi connectivity index (χ4n) is 1.93. The van der Waals surface area contributed by atoms with Gasteiger partial charge in [0.1, 0.15) is 11.5 Å². The number of hydrogen-bond donors (Lipinski definition) is 1. The van der Waals surface area contributed by atoms with Crippen molar-refractivity contribution < 1.29 is 4.42 Å². The van der Waals surface area contributed by atoms with E-state index in [9.17, 15) is 0 Å². The summed E-state index contributed by atoms with van der Waals surface area (Å²) < 4.78 is 8.98. The van der Waals surface area contributed by atoms with Crippen LogP contribution in [0.25, 0.3) is 11.5 Å². The third-order valence-electron chi connectivity index (χ3n) is 3.03. The molecule has 6 heteroatoms. The average Bonchev–Trinajstić information content (AvgIpc) is 3.08. The topological polar surface area (TPSA) is 60.8 Å². The first-order valence-corrected chi connectivity index (χ1v) is 6.03. The number of aryl methyl sites for hydroxylation is 2. The van der Waals surface area contributed by atoms with Crippen molar-refractivity contribution in [1.82, 2.24) is 19.6 Å². The maximum absolute atomic E-state index is 5.34. The van der Waals surface area contributed by atoms with E-state index >= 15 is 0 Å². The van der Waals surface area contributed by atoms with E-state index in [0.717, 1.165) is 23.0 Å². The second kappa shape index (κ2) is 4.64. The van der Waals surface area contributed by atoms with Crippen LogP contribution in [0.2, 0.25) is 0 Å². The van der Waals surface area contributed by atoms with Crippen LogP contribution in [0, 0.1) is 0 Å². The highest BCUT2D eigenvalue weighted by Gasteiger charge is 2.09. The van der Waals surface area contributed by atoms with E-state index in [4.69, 9.17) is 4.42 Å². The van der Waals surface area contributed by atoms with Gasteiger partial charge in [-0.1, -0.05) is 0 Å². The molecule has 0 aliphatic rings. The van der Waals surface area contributed by atoms with Crippen molar-refractivity contribution in [1.29, 1.82) is 0 Å². The maximum atomic E-state index is 5.34. The zero-order valence-electron chi connectivity index (χ0n) is 10.9. The lowest BCUT2D eigenvalue weighted by Gasteiger charge is -2.06. The highest BCUT2D eigenvalue weighted by molar-refractivity contribution is 5.57. The molecule has 0 aromatic carbocycles. The van der Waals surface area contributed by atoms with Crippen LogP contribution in [-0.4, -0.2) is 19.6 Å². The molecule has 0 fully saturated rings. The van der Waals surface area contributed by atoms with Gasteiger partial charge in [0.05, 0.1) is 18.5 Å². The van der Waals surface area contributed by atoms with Gasteiger partial charge in [0.2, 0.25) is 0 Å². The Balaban J connectivity index is 1.77. The van der Waals surface area contributed by atoms with Crippen molar-refractivity contribution in [3.8, 4) is 11.5 Å². The van der Waals surface area contributed by atoms with Crippen molar-refractivity contribution in [3.05, 3.63) is 42.4 Å². The maximum Gasteiger partial charge on any atom is 0.154 e. The first-order valence-electron chi connectivity index (χ1n) is 6.03. The highest BCUT2D eigenvalue weighted by atomic mass is 16.3. The van der Waals surface area contributed by atoms with Crippen molar-refractivity contribution in [2.45, 2.75) is 6.54 Å². The molecule has 0 aliphatic heterocycles. The summed E-state index contributed by atoms with van der Waals surface area (Å²) in [6.07, 6.45) is 3.43. The van der Waals surface area contributed by atoms with E-state index < -0.39 is 0 Å². The zero-order chi connectivity index (χ0) is 13.2. The number of rotatable bonds is 4. The Morgan fingerprint density at radius 1 is 1.26 bits per heavy atom. The second-order valence-electron chi connectivity index (χ2n) is 4.32. The summed E-state index contributed by atoms with van der Waals surface area (Å²) in [7, 11) is 3.83. The van der Waals surface area contributed by atoms with Gasteiger partial charge in [0.25, 0.3) is 0 Å². The molecular formula is C13H15N5O. The predicted molar refractivity (Wildman–Crippen MR) is 71.4 cm³/mol. The zero-order valence-corrected chi connectivity index (χ0v) is 10.9. The minimum Gasteiger partial charge on any atom is -0.463 e. The molecule has 3 heterocycles. The van der Waals surface area contributed by atoms with Gasteiger partial charge in [0, 0.05) is 26.4 Å². The van der Waals surface area contributed by atoms with Crippen LogP contribution >= 0.6 is 0 Å². The summed E-state index contributed by atoms with van der Waals surface area (Å²) in [4.78, 5) is 0. The molecule has 0 aliphatic carbocycles. The standard InChI is InChI=1S/C13H15N5O/c1-17-10(5-6-15-17)9-14-13-8-11(16-18(13)2)12-4-3-7-19-12/h3-8,14H,9H2,1-2H3. The molecule has 6 nitrogen and oxygen atoms in total. The molecule has 0 atom stereocenters. The molecule has 0 unspecified atom stereocenters. The van der Waals surface area contributed by atoms with Crippen molar-refractivity contribution in [3.63, 3.8) is 0 Å². The van der Waals surface area contributed by atoms with Crippen LogP contribution in [0.1, 0.15) is 5.69 Å². The molecule has 0 spiro atoms. The summed E-state index contributed by atoms with van der Waals surface area (Å²) >= 11 is 0. The van der Waals surface area contributed by atoms with Gasteiger partial charge >= 0.3 is 0 Å². The Labute approximate surface area is 110 Å². The minimum absolute atomic E-state index is 0.702. The normalized spacial score (nSPS) is 10.8. The quantitative estimate of drug-likeness (QED) is 0.776. The smallest absolute Gasteiger partial charge is 0.154 e. The molecule has 3 rings (SSSR count). The monoisotopic (exact) mass is 257 g/mol. The van der Waals surface area contributed by atoms with Crippen molar-refractivity contribution in [2.75, 3.05) is 5.32 Å². The number of aromatic nitrogens is 4. The molecule has 3 aromatic heterocycles.